The highest BCUT2D eigenvalue weighted by atomic mass is 16.6. The maximum atomic E-state index is 12.8. The number of piperazine rings is 1. The van der Waals surface area contributed by atoms with E-state index < -0.39 is 5.60 Å². The van der Waals surface area contributed by atoms with E-state index in [1.165, 1.54) is 5.56 Å². The second-order valence-corrected chi connectivity index (χ2v) is 8.17. The highest BCUT2D eigenvalue weighted by Crippen LogP contribution is 2.48. The minimum Gasteiger partial charge on any atom is -0.444 e. The van der Waals surface area contributed by atoms with Gasteiger partial charge in [0.1, 0.15) is 5.60 Å². The van der Waals surface area contributed by atoms with Crippen molar-refractivity contribution in [3.63, 3.8) is 0 Å². The van der Waals surface area contributed by atoms with Crippen LogP contribution in [-0.4, -0.2) is 53.1 Å². The predicted octanol–water partition coefficient (Wildman–Crippen LogP) is 3.26. The fourth-order valence-corrected chi connectivity index (χ4v) is 3.52. The molecule has 1 aliphatic heterocycles. The maximum Gasteiger partial charge on any atom is 0.410 e. The monoisotopic (exact) mass is 344 g/mol. The van der Waals surface area contributed by atoms with Gasteiger partial charge in [-0.2, -0.15) is 0 Å². The quantitative estimate of drug-likeness (QED) is 0.827. The third kappa shape index (κ3) is 4.14. The fourth-order valence-electron chi connectivity index (χ4n) is 3.52. The molecule has 0 spiro atoms. The first-order valence-corrected chi connectivity index (χ1v) is 9.09. The molecule has 1 aliphatic carbocycles. The van der Waals surface area contributed by atoms with Gasteiger partial charge in [0.05, 0.1) is 0 Å². The van der Waals surface area contributed by atoms with Crippen LogP contribution in [0.4, 0.5) is 4.79 Å². The van der Waals surface area contributed by atoms with Crippen molar-refractivity contribution in [2.75, 3.05) is 19.6 Å². The first-order valence-electron chi connectivity index (χ1n) is 9.09. The summed E-state index contributed by atoms with van der Waals surface area (Å²) in [5, 5.41) is 0. The van der Waals surface area contributed by atoms with Crippen molar-refractivity contribution in [2.45, 2.75) is 51.7 Å². The Bertz CT molecular complexity index is 638. The zero-order valence-corrected chi connectivity index (χ0v) is 15.6. The van der Waals surface area contributed by atoms with Crippen LogP contribution in [0, 0.1) is 5.92 Å². The van der Waals surface area contributed by atoms with Crippen LogP contribution in [0.1, 0.15) is 45.6 Å². The standard InChI is InChI=1S/C20H28N2O3/c1-14-13-21(10-11-22(14)19(24)25-20(2,3)4)18(23)17-12-16(17)15-8-6-5-7-9-15/h5-9,14,16-17H,10-13H2,1-4H3/t14-,16+,17+/m1/s1. The van der Waals surface area contributed by atoms with Crippen molar-refractivity contribution >= 4 is 12.0 Å². The summed E-state index contributed by atoms with van der Waals surface area (Å²) < 4.78 is 5.46. The van der Waals surface area contributed by atoms with Crippen LogP contribution in [0.15, 0.2) is 30.3 Å². The highest BCUT2D eigenvalue weighted by molar-refractivity contribution is 5.83. The van der Waals surface area contributed by atoms with Crippen LogP contribution in [0.2, 0.25) is 0 Å². The van der Waals surface area contributed by atoms with Crippen molar-refractivity contribution in [1.82, 2.24) is 9.80 Å². The summed E-state index contributed by atoms with van der Waals surface area (Å²) in [5.41, 5.74) is 0.752. The van der Waals surface area contributed by atoms with E-state index in [1.54, 1.807) is 4.90 Å². The third-order valence-electron chi connectivity index (χ3n) is 4.90. The lowest BCUT2D eigenvalue weighted by atomic mass is 10.1. The Morgan fingerprint density at radius 2 is 1.80 bits per heavy atom. The van der Waals surface area contributed by atoms with Gasteiger partial charge in [-0.25, -0.2) is 4.79 Å². The summed E-state index contributed by atoms with van der Waals surface area (Å²) in [5.74, 6) is 0.681. The normalized spacial score (nSPS) is 26.3. The van der Waals surface area contributed by atoms with Gasteiger partial charge in [0.15, 0.2) is 0 Å². The molecule has 1 saturated heterocycles. The molecule has 5 nitrogen and oxygen atoms in total. The maximum absolute atomic E-state index is 12.8. The molecule has 3 rings (SSSR count). The number of hydrogen-bond donors (Lipinski definition) is 0. The van der Waals surface area contributed by atoms with Crippen LogP contribution in [0.3, 0.4) is 0 Å². The molecule has 25 heavy (non-hydrogen) atoms. The van der Waals surface area contributed by atoms with Crippen molar-refractivity contribution in [3.05, 3.63) is 35.9 Å². The molecule has 0 bridgehead atoms. The van der Waals surface area contributed by atoms with E-state index in [-0.39, 0.29) is 24.0 Å². The topological polar surface area (TPSA) is 49.9 Å². The van der Waals surface area contributed by atoms with E-state index in [2.05, 4.69) is 12.1 Å². The van der Waals surface area contributed by atoms with Gasteiger partial charge in [0, 0.05) is 31.6 Å². The average molecular weight is 344 g/mol. The summed E-state index contributed by atoms with van der Waals surface area (Å²) in [6, 6.07) is 10.2. The Morgan fingerprint density at radius 3 is 2.40 bits per heavy atom. The van der Waals surface area contributed by atoms with Crippen molar-refractivity contribution in [3.8, 4) is 0 Å². The first-order chi connectivity index (χ1) is 11.8. The summed E-state index contributed by atoms with van der Waals surface area (Å²) >= 11 is 0. The van der Waals surface area contributed by atoms with E-state index in [0.717, 1.165) is 6.42 Å². The molecule has 0 unspecified atom stereocenters. The van der Waals surface area contributed by atoms with Gasteiger partial charge in [-0.15, -0.1) is 0 Å². The molecule has 136 valence electrons. The van der Waals surface area contributed by atoms with Crippen molar-refractivity contribution in [2.24, 2.45) is 5.92 Å². The molecule has 2 aliphatic rings. The molecule has 1 aromatic carbocycles. The SMILES string of the molecule is C[C@@H]1CN(C(=O)[C@H]2C[C@H]2c2ccccc2)CCN1C(=O)OC(C)(C)C. The molecular weight excluding hydrogens is 316 g/mol. The Balaban J connectivity index is 1.55. The lowest BCUT2D eigenvalue weighted by Gasteiger charge is -2.40. The number of carbonyl (C=O) groups excluding carboxylic acids is 2. The fraction of sp³-hybridized carbons (Fsp3) is 0.600. The summed E-state index contributed by atoms with van der Waals surface area (Å²) in [6.07, 6.45) is 0.643. The lowest BCUT2D eigenvalue weighted by molar-refractivity contribution is -0.135. The predicted molar refractivity (Wildman–Crippen MR) is 96.3 cm³/mol. The number of ether oxygens (including phenoxy) is 1. The molecule has 0 radical (unpaired) electrons. The molecular formula is C20H28N2O3. The number of rotatable bonds is 2. The molecule has 3 atom stereocenters. The highest BCUT2D eigenvalue weighted by Gasteiger charge is 2.46. The van der Waals surface area contributed by atoms with Crippen molar-refractivity contribution in [1.29, 1.82) is 0 Å². The van der Waals surface area contributed by atoms with E-state index in [4.69, 9.17) is 4.74 Å². The Labute approximate surface area is 149 Å². The zero-order chi connectivity index (χ0) is 18.2. The number of amides is 2. The molecule has 0 aromatic heterocycles. The van der Waals surface area contributed by atoms with Gasteiger partial charge in [0.2, 0.25) is 5.91 Å². The van der Waals surface area contributed by atoms with Gasteiger partial charge in [-0.3, -0.25) is 4.79 Å². The molecule has 2 amide bonds. The Hall–Kier alpha value is -2.04. The molecule has 1 aromatic rings. The van der Waals surface area contributed by atoms with E-state index >= 15 is 0 Å². The Kier molecular flexibility index (Phi) is 4.76. The van der Waals surface area contributed by atoms with Crippen LogP contribution >= 0.6 is 0 Å². The van der Waals surface area contributed by atoms with Crippen LogP contribution in [-0.2, 0) is 9.53 Å². The molecule has 0 N–H and O–H groups in total. The van der Waals surface area contributed by atoms with Gasteiger partial charge >= 0.3 is 6.09 Å². The smallest absolute Gasteiger partial charge is 0.410 e. The van der Waals surface area contributed by atoms with Gasteiger partial charge < -0.3 is 14.5 Å². The van der Waals surface area contributed by atoms with Gasteiger partial charge in [-0.05, 0) is 45.6 Å². The van der Waals surface area contributed by atoms with Crippen LogP contribution < -0.4 is 0 Å². The zero-order valence-electron chi connectivity index (χ0n) is 15.6. The molecule has 5 heteroatoms. The number of hydrogen-bond acceptors (Lipinski definition) is 3. The number of benzene rings is 1. The second-order valence-electron chi connectivity index (χ2n) is 8.17. The molecule has 1 saturated carbocycles. The average Bonchev–Trinajstić information content (AvgIpc) is 3.33. The minimum atomic E-state index is -0.499. The summed E-state index contributed by atoms with van der Waals surface area (Å²) in [4.78, 5) is 28.7. The third-order valence-corrected chi connectivity index (χ3v) is 4.90. The Morgan fingerprint density at radius 1 is 1.12 bits per heavy atom. The van der Waals surface area contributed by atoms with Crippen molar-refractivity contribution < 1.29 is 14.3 Å². The summed E-state index contributed by atoms with van der Waals surface area (Å²) in [7, 11) is 0. The number of nitrogens with zero attached hydrogens (tertiary/aromatic N) is 2. The van der Waals surface area contributed by atoms with E-state index in [9.17, 15) is 9.59 Å². The minimum absolute atomic E-state index is 0.0264. The molecule has 1 heterocycles. The van der Waals surface area contributed by atoms with Gasteiger partial charge in [-0.1, -0.05) is 30.3 Å². The molecule has 2 fully saturated rings. The summed E-state index contributed by atoms with van der Waals surface area (Å²) in [6.45, 7) is 9.27. The lowest BCUT2D eigenvalue weighted by Crippen LogP contribution is -2.56. The first kappa shape index (κ1) is 17.8. The van der Waals surface area contributed by atoms with Gasteiger partial charge in [0.25, 0.3) is 0 Å². The van der Waals surface area contributed by atoms with Crippen LogP contribution in [0.25, 0.3) is 0 Å². The second kappa shape index (κ2) is 6.70. The largest absolute Gasteiger partial charge is 0.444 e. The van der Waals surface area contributed by atoms with E-state index in [0.29, 0.717) is 25.6 Å². The van der Waals surface area contributed by atoms with Crippen LogP contribution in [0.5, 0.6) is 0 Å². The van der Waals surface area contributed by atoms with E-state index in [1.807, 2.05) is 50.8 Å². The number of carbonyl (C=O) groups is 2.